The van der Waals surface area contributed by atoms with Gasteiger partial charge in [-0.25, -0.2) is 9.37 Å². The molecule has 4 aliphatic heterocycles. The predicted octanol–water partition coefficient (Wildman–Crippen LogP) is 1.55. The molecule has 30 heavy (non-hydrogen) atoms. The third-order valence-electron chi connectivity index (χ3n) is 7.55. The lowest BCUT2D eigenvalue weighted by atomic mass is 9.94. The first-order valence-corrected chi connectivity index (χ1v) is 12.0. The third-order valence-corrected chi connectivity index (χ3v) is 7.55. The van der Waals surface area contributed by atoms with E-state index < -0.39 is 6.04 Å². The summed E-state index contributed by atoms with van der Waals surface area (Å²) in [7, 11) is 1.78. The first-order valence-electron chi connectivity index (χ1n) is 12.0. The molecule has 4 heterocycles. The summed E-state index contributed by atoms with van der Waals surface area (Å²) in [6, 6.07) is -0.139. The topological polar surface area (TPSA) is 62.5 Å². The standard InChI is InChI=1S/C22H35N6O2/c1-24-19-18(20(29)28(22(24)30)16-15-25-11-6-3-7-12-25)27-14-8-13-26(21(27)23-19)17-9-4-2-5-10-17/h17-18H,2-16H2,1H3/q+1. The van der Waals surface area contributed by atoms with Gasteiger partial charge in [0, 0.05) is 26.6 Å². The molecule has 3 amide bonds. The van der Waals surface area contributed by atoms with Crippen LogP contribution in [0.4, 0.5) is 4.79 Å². The van der Waals surface area contributed by atoms with Gasteiger partial charge in [-0.1, -0.05) is 30.7 Å². The lowest BCUT2D eigenvalue weighted by Gasteiger charge is -2.37. The van der Waals surface area contributed by atoms with E-state index in [1.807, 2.05) is 0 Å². The van der Waals surface area contributed by atoms with E-state index in [2.05, 4.69) is 14.4 Å². The highest BCUT2D eigenvalue weighted by Gasteiger charge is 2.54. The summed E-state index contributed by atoms with van der Waals surface area (Å²) in [4.78, 5) is 39.3. The Morgan fingerprint density at radius 1 is 0.933 bits per heavy atom. The number of likely N-dealkylation sites (tertiary alicyclic amines) is 1. The van der Waals surface area contributed by atoms with Gasteiger partial charge in [-0.2, -0.15) is 0 Å². The summed E-state index contributed by atoms with van der Waals surface area (Å²) in [5, 5.41) is 0. The highest BCUT2D eigenvalue weighted by molar-refractivity contribution is 6.22. The molecule has 1 saturated carbocycles. The number of amidine groups is 1. The van der Waals surface area contributed by atoms with E-state index in [-0.39, 0.29) is 11.9 Å². The molecule has 0 aromatic carbocycles. The molecule has 1 atom stereocenters. The van der Waals surface area contributed by atoms with Crippen LogP contribution < -0.4 is 0 Å². The fraction of sp³-hybridized carbons (Fsp3) is 0.818. The number of piperidine rings is 1. The fourth-order valence-electron chi connectivity index (χ4n) is 5.84. The molecule has 1 aliphatic carbocycles. The van der Waals surface area contributed by atoms with Gasteiger partial charge in [0.05, 0.1) is 19.1 Å². The van der Waals surface area contributed by atoms with Gasteiger partial charge in [-0.3, -0.25) is 19.5 Å². The molecule has 5 rings (SSSR count). The van der Waals surface area contributed by atoms with Crippen LogP contribution in [0, 0.1) is 0 Å². The zero-order valence-corrected chi connectivity index (χ0v) is 18.3. The highest BCUT2D eigenvalue weighted by Crippen LogP contribution is 2.29. The van der Waals surface area contributed by atoms with Crippen LogP contribution in [0.3, 0.4) is 0 Å². The van der Waals surface area contributed by atoms with Crippen LogP contribution in [-0.2, 0) is 4.79 Å². The van der Waals surface area contributed by atoms with Gasteiger partial charge < -0.3 is 4.90 Å². The Bertz CT molecular complexity index is 766. The lowest BCUT2D eigenvalue weighted by Crippen LogP contribution is -2.64. The second-order valence-corrected chi connectivity index (χ2v) is 9.44. The van der Waals surface area contributed by atoms with E-state index in [9.17, 15) is 9.59 Å². The number of hydrogen-bond donors (Lipinski definition) is 0. The minimum absolute atomic E-state index is 0.0886. The second kappa shape index (κ2) is 8.29. The Labute approximate surface area is 179 Å². The third kappa shape index (κ3) is 3.43. The van der Waals surface area contributed by atoms with E-state index in [0.717, 1.165) is 45.1 Å². The average Bonchev–Trinajstić information content (AvgIpc) is 3.19. The molecular formula is C22H35N6O2+. The highest BCUT2D eigenvalue weighted by atomic mass is 16.2. The van der Waals surface area contributed by atoms with Crippen LogP contribution in [0.5, 0.6) is 0 Å². The maximum absolute atomic E-state index is 13.5. The molecule has 8 nitrogen and oxygen atoms in total. The van der Waals surface area contributed by atoms with Crippen molar-refractivity contribution in [2.75, 3.05) is 46.3 Å². The number of imide groups is 1. The van der Waals surface area contributed by atoms with Gasteiger partial charge in [-0.15, -0.1) is 0 Å². The normalized spacial score (nSPS) is 28.8. The number of guanidine groups is 1. The number of carbonyl (C=O) groups is 2. The van der Waals surface area contributed by atoms with Crippen molar-refractivity contribution in [3.8, 4) is 0 Å². The molecule has 0 N–H and O–H groups in total. The Morgan fingerprint density at radius 2 is 1.67 bits per heavy atom. The smallest absolute Gasteiger partial charge is 0.302 e. The molecule has 8 heteroatoms. The van der Waals surface area contributed by atoms with Gasteiger partial charge in [0.25, 0.3) is 5.91 Å². The minimum Gasteiger partial charge on any atom is -0.302 e. The number of nitrogens with zero attached hydrogens (tertiary/aromatic N) is 6. The summed E-state index contributed by atoms with van der Waals surface area (Å²) in [6.45, 7) is 5.23. The molecular weight excluding hydrogens is 380 g/mol. The number of aliphatic imine (C=N–C) groups is 1. The fourth-order valence-corrected chi connectivity index (χ4v) is 5.84. The van der Waals surface area contributed by atoms with Crippen molar-refractivity contribution < 1.29 is 14.2 Å². The largest absolute Gasteiger partial charge is 0.392 e. The molecule has 3 fully saturated rings. The molecule has 0 spiro atoms. The van der Waals surface area contributed by atoms with E-state index in [4.69, 9.17) is 4.99 Å². The molecule has 164 valence electrons. The maximum Gasteiger partial charge on any atom is 0.392 e. The molecule has 2 saturated heterocycles. The van der Waals surface area contributed by atoms with Gasteiger partial charge in [-0.05, 0) is 38.8 Å². The minimum atomic E-state index is -0.435. The van der Waals surface area contributed by atoms with E-state index in [1.165, 1.54) is 56.3 Å². The Balaban J connectivity index is 1.36. The number of hydrogen-bond acceptors (Lipinski definition) is 5. The molecule has 1 unspecified atom stereocenters. The van der Waals surface area contributed by atoms with E-state index >= 15 is 0 Å². The SMILES string of the molecule is CN1C(=O)N(CCN2CCCCC2)C(=O)C2C1=NC1=[N+]2CCCN1C1CCCCC1. The van der Waals surface area contributed by atoms with Crippen molar-refractivity contribution in [3.63, 3.8) is 0 Å². The summed E-state index contributed by atoms with van der Waals surface area (Å²) >= 11 is 0. The molecule has 0 aromatic rings. The zero-order chi connectivity index (χ0) is 20.7. The number of amides is 3. The van der Waals surface area contributed by atoms with Gasteiger partial charge >= 0.3 is 12.0 Å². The molecule has 0 aromatic heterocycles. The van der Waals surface area contributed by atoms with E-state index in [0.29, 0.717) is 18.4 Å². The molecule has 5 aliphatic rings. The summed E-state index contributed by atoms with van der Waals surface area (Å²) < 4.78 is 2.17. The Kier molecular flexibility index (Phi) is 5.52. The first kappa shape index (κ1) is 20.0. The van der Waals surface area contributed by atoms with Crippen molar-refractivity contribution in [3.05, 3.63) is 0 Å². The second-order valence-electron chi connectivity index (χ2n) is 9.44. The maximum atomic E-state index is 13.5. The predicted molar refractivity (Wildman–Crippen MR) is 115 cm³/mol. The van der Waals surface area contributed by atoms with Crippen LogP contribution in [0.25, 0.3) is 0 Å². The van der Waals surface area contributed by atoms with Crippen molar-refractivity contribution in [2.24, 2.45) is 4.99 Å². The summed E-state index contributed by atoms with van der Waals surface area (Å²) in [5.74, 6) is 1.46. The Hall–Kier alpha value is -1.96. The van der Waals surface area contributed by atoms with Gasteiger partial charge in [0.2, 0.25) is 11.9 Å². The van der Waals surface area contributed by atoms with Crippen molar-refractivity contribution in [1.29, 1.82) is 0 Å². The van der Waals surface area contributed by atoms with Crippen molar-refractivity contribution in [1.82, 2.24) is 19.6 Å². The number of likely N-dealkylation sites (N-methyl/N-ethyl adjacent to an activating group) is 1. The Morgan fingerprint density at radius 3 is 2.43 bits per heavy atom. The van der Waals surface area contributed by atoms with Gasteiger partial charge in [0.15, 0.2) is 0 Å². The zero-order valence-electron chi connectivity index (χ0n) is 18.3. The first-order chi connectivity index (χ1) is 14.6. The number of carbonyl (C=O) groups excluding carboxylic acids is 2. The average molecular weight is 416 g/mol. The number of urea groups is 1. The molecule has 0 bridgehead atoms. The van der Waals surface area contributed by atoms with Gasteiger partial charge in [0.1, 0.15) is 0 Å². The van der Waals surface area contributed by atoms with Crippen LogP contribution in [-0.4, -0.2) is 106 Å². The molecule has 0 radical (unpaired) electrons. The van der Waals surface area contributed by atoms with Crippen LogP contribution in [0.1, 0.15) is 57.8 Å². The monoisotopic (exact) mass is 415 g/mol. The van der Waals surface area contributed by atoms with Crippen molar-refractivity contribution in [2.45, 2.75) is 69.9 Å². The summed E-state index contributed by atoms with van der Waals surface area (Å²) in [6.07, 6.45) is 11.0. The van der Waals surface area contributed by atoms with Crippen LogP contribution >= 0.6 is 0 Å². The van der Waals surface area contributed by atoms with Crippen LogP contribution in [0.2, 0.25) is 0 Å². The number of rotatable bonds is 4. The van der Waals surface area contributed by atoms with Crippen LogP contribution in [0.15, 0.2) is 4.99 Å². The lowest BCUT2D eigenvalue weighted by molar-refractivity contribution is -0.546. The summed E-state index contributed by atoms with van der Waals surface area (Å²) in [5.41, 5.74) is 0. The quantitative estimate of drug-likeness (QED) is 0.654. The number of fused-ring (bicyclic) bond motifs is 2. The van der Waals surface area contributed by atoms with Crippen molar-refractivity contribution >= 4 is 23.7 Å². The van der Waals surface area contributed by atoms with E-state index in [1.54, 1.807) is 11.9 Å².